The average Bonchev–Trinajstić information content (AvgIpc) is 2.45. The number of nitrogen functional groups attached to an aromatic ring is 1. The van der Waals surface area contributed by atoms with E-state index in [9.17, 15) is 18.0 Å². The Morgan fingerprint density at radius 3 is 2.76 bits per heavy atom. The SMILES string of the molecule is CNC(=O)c1ccc(N)cc1N1CCCC(C(F)(F)F)C1. The predicted molar refractivity (Wildman–Crippen MR) is 75.2 cm³/mol. The molecule has 21 heavy (non-hydrogen) atoms. The highest BCUT2D eigenvalue weighted by atomic mass is 19.4. The summed E-state index contributed by atoms with van der Waals surface area (Å²) < 4.78 is 38.7. The Labute approximate surface area is 121 Å². The fourth-order valence-electron chi connectivity index (χ4n) is 2.60. The highest BCUT2D eigenvalue weighted by molar-refractivity contribution is 6.00. The van der Waals surface area contributed by atoms with Crippen LogP contribution in [0.2, 0.25) is 0 Å². The Hall–Kier alpha value is -1.92. The van der Waals surface area contributed by atoms with Crippen molar-refractivity contribution in [3.63, 3.8) is 0 Å². The van der Waals surface area contributed by atoms with Gasteiger partial charge in [0.1, 0.15) is 0 Å². The molecule has 1 amide bonds. The Kier molecular flexibility index (Phi) is 4.29. The van der Waals surface area contributed by atoms with Crippen molar-refractivity contribution in [1.82, 2.24) is 5.32 Å². The number of benzene rings is 1. The van der Waals surface area contributed by atoms with Crippen molar-refractivity contribution >= 4 is 17.3 Å². The summed E-state index contributed by atoms with van der Waals surface area (Å²) >= 11 is 0. The summed E-state index contributed by atoms with van der Waals surface area (Å²) in [6.07, 6.45) is -3.66. The number of anilines is 2. The molecule has 4 nitrogen and oxygen atoms in total. The number of nitrogens with one attached hydrogen (secondary N) is 1. The Morgan fingerprint density at radius 1 is 1.43 bits per heavy atom. The maximum Gasteiger partial charge on any atom is 0.393 e. The van der Waals surface area contributed by atoms with Crippen LogP contribution in [-0.2, 0) is 0 Å². The molecular formula is C14H18F3N3O. The van der Waals surface area contributed by atoms with Crippen LogP contribution >= 0.6 is 0 Å². The van der Waals surface area contributed by atoms with Crippen LogP contribution in [0.25, 0.3) is 0 Å². The van der Waals surface area contributed by atoms with E-state index in [4.69, 9.17) is 5.73 Å². The van der Waals surface area contributed by atoms with Crippen LogP contribution < -0.4 is 16.0 Å². The van der Waals surface area contributed by atoms with Crippen molar-refractivity contribution in [3.8, 4) is 0 Å². The number of hydrogen-bond acceptors (Lipinski definition) is 3. The Morgan fingerprint density at radius 2 is 2.14 bits per heavy atom. The minimum atomic E-state index is -4.22. The molecule has 1 aliphatic rings. The molecule has 1 aromatic carbocycles. The summed E-state index contributed by atoms with van der Waals surface area (Å²) in [7, 11) is 1.48. The van der Waals surface area contributed by atoms with E-state index >= 15 is 0 Å². The third-order valence-electron chi connectivity index (χ3n) is 3.72. The molecule has 0 spiro atoms. The number of nitrogens with zero attached hydrogens (tertiary/aromatic N) is 1. The first-order valence-corrected chi connectivity index (χ1v) is 6.76. The molecule has 1 atom stereocenters. The molecule has 0 aromatic heterocycles. The standard InChI is InChI=1S/C14H18F3N3O/c1-19-13(21)11-5-4-10(18)7-12(11)20-6-2-3-9(8-20)14(15,16)17/h4-5,7,9H,2-3,6,8,18H2,1H3,(H,19,21). The molecule has 1 fully saturated rings. The quantitative estimate of drug-likeness (QED) is 0.825. The van der Waals surface area contributed by atoms with Crippen LogP contribution in [0.15, 0.2) is 18.2 Å². The van der Waals surface area contributed by atoms with Gasteiger partial charge in [0.15, 0.2) is 0 Å². The number of rotatable bonds is 2. The first-order valence-electron chi connectivity index (χ1n) is 6.76. The molecule has 1 aromatic rings. The molecule has 1 unspecified atom stereocenters. The molecule has 1 heterocycles. The molecule has 0 bridgehead atoms. The largest absolute Gasteiger partial charge is 0.399 e. The van der Waals surface area contributed by atoms with Crippen LogP contribution in [0.5, 0.6) is 0 Å². The highest BCUT2D eigenvalue weighted by Crippen LogP contribution is 2.36. The second-order valence-electron chi connectivity index (χ2n) is 5.18. The normalized spacial score (nSPS) is 19.4. The fraction of sp³-hybridized carbons (Fsp3) is 0.500. The number of nitrogens with two attached hydrogens (primary N) is 1. The zero-order chi connectivity index (χ0) is 15.6. The number of alkyl halides is 3. The lowest BCUT2D eigenvalue weighted by Crippen LogP contribution is -2.42. The molecule has 7 heteroatoms. The van der Waals surface area contributed by atoms with Crippen molar-refractivity contribution in [3.05, 3.63) is 23.8 Å². The van der Waals surface area contributed by atoms with E-state index in [1.165, 1.54) is 7.05 Å². The molecule has 0 aliphatic carbocycles. The zero-order valence-electron chi connectivity index (χ0n) is 11.7. The van der Waals surface area contributed by atoms with Gasteiger partial charge in [0, 0.05) is 25.8 Å². The average molecular weight is 301 g/mol. The van der Waals surface area contributed by atoms with E-state index in [0.29, 0.717) is 29.9 Å². The maximum atomic E-state index is 12.9. The van der Waals surface area contributed by atoms with Gasteiger partial charge in [-0.2, -0.15) is 13.2 Å². The van der Waals surface area contributed by atoms with Gasteiger partial charge in [-0.15, -0.1) is 0 Å². The first kappa shape index (κ1) is 15.5. The lowest BCUT2D eigenvalue weighted by molar-refractivity contribution is -0.175. The highest BCUT2D eigenvalue weighted by Gasteiger charge is 2.42. The van der Waals surface area contributed by atoms with E-state index in [0.717, 1.165) is 0 Å². The van der Waals surface area contributed by atoms with Gasteiger partial charge in [-0.1, -0.05) is 0 Å². The van der Waals surface area contributed by atoms with Gasteiger partial charge >= 0.3 is 6.18 Å². The van der Waals surface area contributed by atoms with Gasteiger partial charge in [-0.05, 0) is 31.0 Å². The lowest BCUT2D eigenvalue weighted by Gasteiger charge is -2.36. The van der Waals surface area contributed by atoms with Crippen LogP contribution in [-0.4, -0.2) is 32.2 Å². The van der Waals surface area contributed by atoms with Crippen LogP contribution in [0.3, 0.4) is 0 Å². The molecule has 0 saturated carbocycles. The molecule has 1 saturated heterocycles. The fourth-order valence-corrected chi connectivity index (χ4v) is 2.60. The summed E-state index contributed by atoms with van der Waals surface area (Å²) in [5.74, 6) is -1.70. The molecule has 0 radical (unpaired) electrons. The summed E-state index contributed by atoms with van der Waals surface area (Å²) in [5.41, 5.74) is 6.94. The predicted octanol–water partition coefficient (Wildman–Crippen LogP) is 2.41. The van der Waals surface area contributed by atoms with Gasteiger partial charge in [0.25, 0.3) is 5.91 Å². The number of hydrogen-bond donors (Lipinski definition) is 2. The van der Waals surface area contributed by atoms with E-state index in [-0.39, 0.29) is 18.9 Å². The van der Waals surface area contributed by atoms with Gasteiger partial charge < -0.3 is 16.0 Å². The number of carbonyl (C=O) groups excluding carboxylic acids is 1. The van der Waals surface area contributed by atoms with E-state index in [2.05, 4.69) is 5.32 Å². The number of amides is 1. The number of carbonyl (C=O) groups is 1. The summed E-state index contributed by atoms with van der Waals surface area (Å²) in [4.78, 5) is 13.5. The summed E-state index contributed by atoms with van der Waals surface area (Å²) in [6.45, 7) is 0.344. The van der Waals surface area contributed by atoms with Crippen molar-refractivity contribution in [2.75, 3.05) is 30.8 Å². The number of piperidine rings is 1. The van der Waals surface area contributed by atoms with Gasteiger partial charge in [0.05, 0.1) is 17.2 Å². The third kappa shape index (κ3) is 3.40. The Balaban J connectivity index is 2.32. The van der Waals surface area contributed by atoms with Gasteiger partial charge in [0.2, 0.25) is 0 Å². The van der Waals surface area contributed by atoms with Gasteiger partial charge in [-0.25, -0.2) is 0 Å². The lowest BCUT2D eigenvalue weighted by atomic mass is 9.96. The third-order valence-corrected chi connectivity index (χ3v) is 3.72. The van der Waals surface area contributed by atoms with Crippen molar-refractivity contribution in [2.24, 2.45) is 5.92 Å². The van der Waals surface area contributed by atoms with Crippen molar-refractivity contribution in [1.29, 1.82) is 0 Å². The molecule has 2 rings (SSSR count). The minimum Gasteiger partial charge on any atom is -0.399 e. The molecule has 116 valence electrons. The van der Waals surface area contributed by atoms with Crippen LogP contribution in [0, 0.1) is 5.92 Å². The van der Waals surface area contributed by atoms with Crippen LogP contribution in [0.1, 0.15) is 23.2 Å². The van der Waals surface area contributed by atoms with E-state index in [1.54, 1.807) is 23.1 Å². The molecule has 3 N–H and O–H groups in total. The molecular weight excluding hydrogens is 283 g/mol. The first-order chi connectivity index (χ1) is 9.82. The van der Waals surface area contributed by atoms with Crippen molar-refractivity contribution in [2.45, 2.75) is 19.0 Å². The van der Waals surface area contributed by atoms with Crippen molar-refractivity contribution < 1.29 is 18.0 Å². The van der Waals surface area contributed by atoms with Gasteiger partial charge in [-0.3, -0.25) is 4.79 Å². The van der Waals surface area contributed by atoms with Crippen LogP contribution in [0.4, 0.5) is 24.5 Å². The van der Waals surface area contributed by atoms with E-state index < -0.39 is 12.1 Å². The Bertz CT molecular complexity index is 531. The molecule has 1 aliphatic heterocycles. The monoisotopic (exact) mass is 301 g/mol. The number of halogens is 3. The second kappa shape index (κ2) is 5.83. The second-order valence-corrected chi connectivity index (χ2v) is 5.18. The maximum absolute atomic E-state index is 12.9. The minimum absolute atomic E-state index is 0.123. The summed E-state index contributed by atoms with van der Waals surface area (Å²) in [6, 6.07) is 4.67. The smallest absolute Gasteiger partial charge is 0.393 e. The topological polar surface area (TPSA) is 58.4 Å². The van der Waals surface area contributed by atoms with E-state index in [1.807, 2.05) is 0 Å². The zero-order valence-corrected chi connectivity index (χ0v) is 11.7. The summed E-state index contributed by atoms with van der Waals surface area (Å²) in [5, 5.41) is 2.49.